The number of halogens is 3. The average Bonchev–Trinajstić information content (AvgIpc) is 2.70. The van der Waals surface area contributed by atoms with E-state index in [1.807, 2.05) is 45.0 Å². The second-order valence-corrected chi connectivity index (χ2v) is 8.82. The van der Waals surface area contributed by atoms with E-state index in [4.69, 9.17) is 34.8 Å². The molecular formula is C23H27Cl3N2O2. The fourth-order valence-corrected chi connectivity index (χ4v) is 3.61. The van der Waals surface area contributed by atoms with Crippen LogP contribution in [-0.2, 0) is 22.6 Å². The number of benzene rings is 2. The Hall–Kier alpha value is -1.75. The van der Waals surface area contributed by atoms with E-state index in [0.717, 1.165) is 11.1 Å². The highest BCUT2D eigenvalue weighted by molar-refractivity contribution is 6.42. The number of carbonyl (C=O) groups excluding carboxylic acids is 2. The Morgan fingerprint density at radius 2 is 1.70 bits per heavy atom. The molecule has 30 heavy (non-hydrogen) atoms. The van der Waals surface area contributed by atoms with Crippen LogP contribution in [0.25, 0.3) is 0 Å². The van der Waals surface area contributed by atoms with E-state index in [1.54, 1.807) is 23.1 Å². The second kappa shape index (κ2) is 11.6. The van der Waals surface area contributed by atoms with Crippen molar-refractivity contribution < 1.29 is 9.59 Å². The van der Waals surface area contributed by atoms with Crippen molar-refractivity contribution >= 4 is 46.6 Å². The third-order valence-corrected chi connectivity index (χ3v) is 5.81. The summed E-state index contributed by atoms with van der Waals surface area (Å²) in [5, 5.41) is 4.32. The Morgan fingerprint density at radius 1 is 1.00 bits per heavy atom. The molecule has 0 aromatic heterocycles. The second-order valence-electron chi connectivity index (χ2n) is 7.60. The normalized spacial score (nSPS) is 12.0. The van der Waals surface area contributed by atoms with Crippen molar-refractivity contribution in [3.05, 3.63) is 68.7 Å². The smallest absolute Gasteiger partial charge is 0.242 e. The highest BCUT2D eigenvalue weighted by atomic mass is 35.5. The minimum Gasteiger partial charge on any atom is -0.354 e. The van der Waals surface area contributed by atoms with Crippen molar-refractivity contribution in [1.29, 1.82) is 0 Å². The number of carbonyl (C=O) groups is 2. The molecule has 0 aliphatic heterocycles. The van der Waals surface area contributed by atoms with E-state index in [-0.39, 0.29) is 24.8 Å². The first-order valence-electron chi connectivity index (χ1n) is 9.97. The van der Waals surface area contributed by atoms with Crippen LogP contribution in [0, 0.1) is 5.92 Å². The van der Waals surface area contributed by atoms with Crippen molar-refractivity contribution in [2.24, 2.45) is 5.92 Å². The summed E-state index contributed by atoms with van der Waals surface area (Å²) in [5.41, 5.74) is 1.52. The predicted octanol–water partition coefficient (Wildman–Crippen LogP) is 5.77. The van der Waals surface area contributed by atoms with Crippen LogP contribution in [0.5, 0.6) is 0 Å². The monoisotopic (exact) mass is 468 g/mol. The van der Waals surface area contributed by atoms with Gasteiger partial charge in [0.15, 0.2) is 0 Å². The Labute approximate surface area is 193 Å². The van der Waals surface area contributed by atoms with Gasteiger partial charge < -0.3 is 10.2 Å². The largest absolute Gasteiger partial charge is 0.354 e. The molecule has 0 aliphatic rings. The number of amides is 2. The Bertz CT molecular complexity index is 887. The zero-order valence-electron chi connectivity index (χ0n) is 17.4. The molecule has 0 spiro atoms. The van der Waals surface area contributed by atoms with Crippen LogP contribution in [0.2, 0.25) is 15.1 Å². The Morgan fingerprint density at radius 3 is 2.30 bits per heavy atom. The van der Waals surface area contributed by atoms with Crippen molar-refractivity contribution in [1.82, 2.24) is 10.2 Å². The minimum atomic E-state index is -0.604. The topological polar surface area (TPSA) is 49.4 Å². The highest BCUT2D eigenvalue weighted by Crippen LogP contribution is 2.25. The van der Waals surface area contributed by atoms with Gasteiger partial charge in [0.05, 0.1) is 16.5 Å². The molecule has 162 valence electrons. The lowest BCUT2D eigenvalue weighted by Gasteiger charge is -2.31. The molecule has 0 saturated carbocycles. The minimum absolute atomic E-state index is 0.106. The molecule has 2 rings (SSSR count). The maximum Gasteiger partial charge on any atom is 0.242 e. The fourth-order valence-electron chi connectivity index (χ4n) is 3.08. The van der Waals surface area contributed by atoms with Gasteiger partial charge in [-0.05, 0) is 41.7 Å². The molecule has 0 unspecified atom stereocenters. The quantitative estimate of drug-likeness (QED) is 0.507. The van der Waals surface area contributed by atoms with Gasteiger partial charge in [-0.1, -0.05) is 79.8 Å². The maximum absolute atomic E-state index is 13.3. The predicted molar refractivity (Wildman–Crippen MR) is 124 cm³/mol. The molecule has 2 aromatic carbocycles. The van der Waals surface area contributed by atoms with Crippen LogP contribution < -0.4 is 5.32 Å². The lowest BCUT2D eigenvalue weighted by molar-refractivity contribution is -0.141. The molecule has 1 N–H and O–H groups in total. The number of rotatable bonds is 9. The van der Waals surface area contributed by atoms with Gasteiger partial charge in [0, 0.05) is 18.1 Å². The maximum atomic E-state index is 13.3. The SMILES string of the molecule is CC[C@H](C(=O)NCC(C)C)N(Cc1ccc(Cl)c(Cl)c1)C(=O)Cc1ccccc1Cl. The van der Waals surface area contributed by atoms with Crippen molar-refractivity contribution in [2.45, 2.75) is 46.2 Å². The summed E-state index contributed by atoms with van der Waals surface area (Å²) >= 11 is 18.4. The van der Waals surface area contributed by atoms with Crippen LogP contribution >= 0.6 is 34.8 Å². The molecule has 0 heterocycles. The molecule has 0 saturated heterocycles. The Kier molecular flexibility index (Phi) is 9.47. The summed E-state index contributed by atoms with van der Waals surface area (Å²) in [4.78, 5) is 27.8. The first-order chi connectivity index (χ1) is 14.2. The van der Waals surface area contributed by atoms with E-state index in [9.17, 15) is 9.59 Å². The summed E-state index contributed by atoms with van der Waals surface area (Å²) in [6.45, 7) is 6.74. The molecule has 1 atom stereocenters. The average molecular weight is 470 g/mol. The summed E-state index contributed by atoms with van der Waals surface area (Å²) in [6, 6.07) is 11.8. The number of hydrogen-bond acceptors (Lipinski definition) is 2. The lowest BCUT2D eigenvalue weighted by atomic mass is 10.1. The van der Waals surface area contributed by atoms with E-state index >= 15 is 0 Å². The first kappa shape index (κ1) is 24.5. The number of hydrogen-bond donors (Lipinski definition) is 1. The van der Waals surface area contributed by atoms with Gasteiger partial charge in [0.1, 0.15) is 6.04 Å². The number of nitrogens with one attached hydrogen (secondary N) is 1. The standard InChI is InChI=1S/C23H27Cl3N2O2/c1-4-21(23(30)27-13-15(2)3)28(14-16-9-10-19(25)20(26)11-16)22(29)12-17-7-5-6-8-18(17)24/h5-11,15,21H,4,12-14H2,1-3H3,(H,27,30)/t21-/m1/s1. The zero-order valence-corrected chi connectivity index (χ0v) is 19.7. The van der Waals surface area contributed by atoms with Gasteiger partial charge in [-0.3, -0.25) is 9.59 Å². The summed E-state index contributed by atoms with van der Waals surface area (Å²) in [6.07, 6.45) is 0.592. The third-order valence-electron chi connectivity index (χ3n) is 4.71. The first-order valence-corrected chi connectivity index (χ1v) is 11.1. The molecule has 0 aliphatic carbocycles. The highest BCUT2D eigenvalue weighted by Gasteiger charge is 2.29. The van der Waals surface area contributed by atoms with Gasteiger partial charge in [-0.25, -0.2) is 0 Å². The van der Waals surface area contributed by atoms with Gasteiger partial charge in [-0.2, -0.15) is 0 Å². The molecular weight excluding hydrogens is 443 g/mol. The molecule has 2 amide bonds. The van der Waals surface area contributed by atoms with E-state index in [1.165, 1.54) is 0 Å². The van der Waals surface area contributed by atoms with Crippen LogP contribution in [-0.4, -0.2) is 29.3 Å². The van der Waals surface area contributed by atoms with Gasteiger partial charge in [0.25, 0.3) is 0 Å². The van der Waals surface area contributed by atoms with Gasteiger partial charge >= 0.3 is 0 Å². The van der Waals surface area contributed by atoms with E-state index < -0.39 is 6.04 Å². The van der Waals surface area contributed by atoms with Crippen LogP contribution in [0.3, 0.4) is 0 Å². The Balaban J connectivity index is 2.31. The van der Waals surface area contributed by atoms with E-state index in [2.05, 4.69) is 5.32 Å². The molecule has 4 nitrogen and oxygen atoms in total. The summed E-state index contributed by atoms with van der Waals surface area (Å²) < 4.78 is 0. The van der Waals surface area contributed by atoms with Gasteiger partial charge in [-0.15, -0.1) is 0 Å². The summed E-state index contributed by atoms with van der Waals surface area (Å²) in [7, 11) is 0. The van der Waals surface area contributed by atoms with Crippen LogP contribution in [0.4, 0.5) is 0 Å². The third kappa shape index (κ3) is 6.90. The van der Waals surface area contributed by atoms with Crippen molar-refractivity contribution in [3.8, 4) is 0 Å². The van der Waals surface area contributed by atoms with Crippen molar-refractivity contribution in [3.63, 3.8) is 0 Å². The zero-order chi connectivity index (χ0) is 22.3. The molecule has 0 fully saturated rings. The molecule has 0 radical (unpaired) electrons. The molecule has 2 aromatic rings. The number of nitrogens with zero attached hydrogens (tertiary/aromatic N) is 1. The van der Waals surface area contributed by atoms with Crippen LogP contribution in [0.1, 0.15) is 38.3 Å². The van der Waals surface area contributed by atoms with Gasteiger partial charge in [0.2, 0.25) is 11.8 Å². The van der Waals surface area contributed by atoms with Crippen molar-refractivity contribution in [2.75, 3.05) is 6.54 Å². The van der Waals surface area contributed by atoms with E-state index in [0.29, 0.717) is 34.0 Å². The molecule has 0 bridgehead atoms. The molecule has 7 heteroatoms. The van der Waals surface area contributed by atoms with Crippen LogP contribution in [0.15, 0.2) is 42.5 Å². The fraction of sp³-hybridized carbons (Fsp3) is 0.391. The summed E-state index contributed by atoms with van der Waals surface area (Å²) in [5.74, 6) is -0.0340. The lowest BCUT2D eigenvalue weighted by Crippen LogP contribution is -2.50.